The molecule has 27 heavy (non-hydrogen) atoms. The van der Waals surface area contributed by atoms with Crippen molar-refractivity contribution >= 4 is 28.0 Å². The van der Waals surface area contributed by atoms with Gasteiger partial charge >= 0.3 is 0 Å². The zero-order valence-corrected chi connectivity index (χ0v) is 15.6. The maximum atomic E-state index is 12.9. The van der Waals surface area contributed by atoms with Gasteiger partial charge in [0.15, 0.2) is 0 Å². The summed E-state index contributed by atoms with van der Waals surface area (Å²) in [5.74, 6) is 0.791. The van der Waals surface area contributed by atoms with E-state index in [-0.39, 0.29) is 17.9 Å². The molecule has 1 atom stereocenters. The van der Waals surface area contributed by atoms with Gasteiger partial charge in [-0.2, -0.15) is 0 Å². The van der Waals surface area contributed by atoms with Crippen LogP contribution in [0, 0.1) is 5.92 Å². The van der Waals surface area contributed by atoms with E-state index in [4.69, 9.17) is 0 Å². The number of nitrogens with one attached hydrogen (secondary N) is 2. The molecular formula is C20H22N6O. The van der Waals surface area contributed by atoms with Gasteiger partial charge in [0.05, 0.1) is 22.6 Å². The number of rotatable bonds is 5. The number of carbonyl (C=O) groups is 1. The highest BCUT2D eigenvalue weighted by Crippen LogP contribution is 2.23. The van der Waals surface area contributed by atoms with E-state index in [0.29, 0.717) is 11.1 Å². The predicted octanol–water partition coefficient (Wildman–Crippen LogP) is 3.45. The highest BCUT2D eigenvalue weighted by molar-refractivity contribution is 5.97. The van der Waals surface area contributed by atoms with Crippen LogP contribution in [-0.4, -0.2) is 30.9 Å². The zero-order chi connectivity index (χ0) is 19.0. The summed E-state index contributed by atoms with van der Waals surface area (Å²) in [4.78, 5) is 20.8. The molecule has 4 rings (SSSR count). The van der Waals surface area contributed by atoms with Gasteiger partial charge in [-0.25, -0.2) is 9.67 Å². The number of aromatic nitrogens is 5. The lowest BCUT2D eigenvalue weighted by atomic mass is 10.0. The molecule has 0 radical (unpaired) electrons. The summed E-state index contributed by atoms with van der Waals surface area (Å²) >= 11 is 0. The number of aromatic amines is 1. The molecule has 7 heteroatoms. The van der Waals surface area contributed by atoms with Crippen LogP contribution < -0.4 is 5.32 Å². The van der Waals surface area contributed by atoms with Crippen molar-refractivity contribution in [3.8, 4) is 0 Å². The van der Waals surface area contributed by atoms with Crippen molar-refractivity contribution in [3.63, 3.8) is 0 Å². The summed E-state index contributed by atoms with van der Waals surface area (Å²) in [6, 6.07) is 13.1. The van der Waals surface area contributed by atoms with Crippen molar-refractivity contribution in [2.45, 2.75) is 33.4 Å². The first kappa shape index (κ1) is 17.2. The molecule has 7 nitrogen and oxygen atoms in total. The first-order chi connectivity index (χ1) is 13.1. The van der Waals surface area contributed by atoms with Crippen LogP contribution in [0.2, 0.25) is 0 Å². The monoisotopic (exact) mass is 362 g/mol. The molecule has 0 saturated heterocycles. The van der Waals surface area contributed by atoms with Gasteiger partial charge in [-0.3, -0.25) is 4.79 Å². The summed E-state index contributed by atoms with van der Waals surface area (Å²) in [5, 5.41) is 11.4. The van der Waals surface area contributed by atoms with Crippen LogP contribution in [0.15, 0.2) is 42.5 Å². The van der Waals surface area contributed by atoms with Gasteiger partial charge in [-0.15, -0.1) is 5.10 Å². The smallest absolute Gasteiger partial charge is 0.251 e. The maximum absolute atomic E-state index is 12.9. The number of aryl methyl sites for hydroxylation is 1. The SMILES string of the molecule is CCn1nnc2cc(C(=O)NC(c3nc4ccccc4[nH]3)C(C)C)ccc21. The normalized spacial score (nSPS) is 12.7. The summed E-state index contributed by atoms with van der Waals surface area (Å²) in [6.45, 7) is 6.88. The molecule has 0 bridgehead atoms. The maximum Gasteiger partial charge on any atom is 0.251 e. The first-order valence-corrected chi connectivity index (χ1v) is 9.15. The van der Waals surface area contributed by atoms with Crippen LogP contribution in [0.5, 0.6) is 0 Å². The van der Waals surface area contributed by atoms with Crippen LogP contribution >= 0.6 is 0 Å². The molecule has 0 aliphatic heterocycles. The zero-order valence-electron chi connectivity index (χ0n) is 15.6. The minimum Gasteiger partial charge on any atom is -0.342 e. The predicted molar refractivity (Wildman–Crippen MR) is 104 cm³/mol. The molecule has 2 aromatic carbocycles. The molecule has 0 aliphatic carbocycles. The molecule has 138 valence electrons. The molecule has 2 N–H and O–H groups in total. The van der Waals surface area contributed by atoms with Crippen LogP contribution in [0.3, 0.4) is 0 Å². The highest BCUT2D eigenvalue weighted by Gasteiger charge is 2.22. The number of benzene rings is 2. The number of carbonyl (C=O) groups excluding carboxylic acids is 1. The number of para-hydroxylation sites is 2. The fraction of sp³-hybridized carbons (Fsp3) is 0.300. The van der Waals surface area contributed by atoms with Gasteiger partial charge in [0.1, 0.15) is 11.3 Å². The minimum atomic E-state index is -0.216. The van der Waals surface area contributed by atoms with Crippen LogP contribution in [0.1, 0.15) is 43.0 Å². The quantitative estimate of drug-likeness (QED) is 0.569. The van der Waals surface area contributed by atoms with E-state index in [1.54, 1.807) is 6.07 Å². The number of nitrogens with zero attached hydrogens (tertiary/aromatic N) is 4. The molecule has 2 aromatic heterocycles. The fourth-order valence-corrected chi connectivity index (χ4v) is 3.24. The number of imidazole rings is 1. The Morgan fingerprint density at radius 1 is 1.19 bits per heavy atom. The number of H-pyrrole nitrogens is 1. The standard InChI is InChI=1S/C20H22N6O/c1-4-26-17-10-9-13(11-16(17)24-25-26)20(27)23-18(12(2)3)19-21-14-7-5-6-8-15(14)22-19/h5-12,18H,4H2,1-3H3,(H,21,22)(H,23,27). The lowest BCUT2D eigenvalue weighted by molar-refractivity contribution is 0.0923. The fourth-order valence-electron chi connectivity index (χ4n) is 3.24. The Kier molecular flexibility index (Phi) is 4.35. The molecule has 0 spiro atoms. The number of hydrogen-bond acceptors (Lipinski definition) is 4. The second kappa shape index (κ2) is 6.83. The van der Waals surface area contributed by atoms with Gasteiger partial charge in [0, 0.05) is 12.1 Å². The molecular weight excluding hydrogens is 340 g/mol. The molecule has 0 saturated carbocycles. The molecule has 4 aromatic rings. The average Bonchev–Trinajstić information content (AvgIpc) is 3.28. The summed E-state index contributed by atoms with van der Waals surface area (Å²) in [6.07, 6.45) is 0. The van der Waals surface area contributed by atoms with Crippen molar-refractivity contribution < 1.29 is 4.79 Å². The van der Waals surface area contributed by atoms with Crippen molar-refractivity contribution in [1.82, 2.24) is 30.3 Å². The highest BCUT2D eigenvalue weighted by atomic mass is 16.1. The van der Waals surface area contributed by atoms with Crippen molar-refractivity contribution in [2.24, 2.45) is 5.92 Å². The topological polar surface area (TPSA) is 88.5 Å². The summed E-state index contributed by atoms with van der Waals surface area (Å²) in [7, 11) is 0. The van der Waals surface area contributed by atoms with Crippen molar-refractivity contribution in [1.29, 1.82) is 0 Å². The van der Waals surface area contributed by atoms with Crippen molar-refractivity contribution in [2.75, 3.05) is 0 Å². The second-order valence-corrected chi connectivity index (χ2v) is 6.94. The number of amides is 1. The number of fused-ring (bicyclic) bond motifs is 2. The largest absolute Gasteiger partial charge is 0.342 e. The Morgan fingerprint density at radius 2 is 2.00 bits per heavy atom. The second-order valence-electron chi connectivity index (χ2n) is 6.94. The number of hydrogen-bond donors (Lipinski definition) is 2. The van der Waals surface area contributed by atoms with Crippen molar-refractivity contribution in [3.05, 3.63) is 53.9 Å². The Morgan fingerprint density at radius 3 is 2.74 bits per heavy atom. The van der Waals surface area contributed by atoms with Crippen LogP contribution in [0.4, 0.5) is 0 Å². The van der Waals surface area contributed by atoms with Gasteiger partial charge in [0.2, 0.25) is 0 Å². The Bertz CT molecular complexity index is 1080. The van der Waals surface area contributed by atoms with E-state index in [9.17, 15) is 4.79 Å². The summed E-state index contributed by atoms with van der Waals surface area (Å²) in [5.41, 5.74) is 4.06. The molecule has 1 amide bonds. The van der Waals surface area contributed by atoms with E-state index in [0.717, 1.165) is 28.9 Å². The first-order valence-electron chi connectivity index (χ1n) is 9.15. The molecule has 0 aliphatic rings. The third-order valence-electron chi connectivity index (χ3n) is 4.73. The third kappa shape index (κ3) is 3.16. The lowest BCUT2D eigenvalue weighted by Crippen LogP contribution is -2.32. The van der Waals surface area contributed by atoms with E-state index < -0.39 is 0 Å². The van der Waals surface area contributed by atoms with E-state index in [2.05, 4.69) is 39.4 Å². The molecule has 1 unspecified atom stereocenters. The Labute approximate surface area is 156 Å². The molecule has 0 fully saturated rings. The van der Waals surface area contributed by atoms with Crippen LogP contribution in [0.25, 0.3) is 22.1 Å². The molecule has 2 heterocycles. The van der Waals surface area contributed by atoms with E-state index in [1.807, 2.05) is 48.0 Å². The minimum absolute atomic E-state index is 0.151. The summed E-state index contributed by atoms with van der Waals surface area (Å²) < 4.78 is 1.81. The lowest BCUT2D eigenvalue weighted by Gasteiger charge is -2.20. The van der Waals surface area contributed by atoms with E-state index in [1.165, 1.54) is 0 Å². The van der Waals surface area contributed by atoms with Gasteiger partial charge < -0.3 is 10.3 Å². The Balaban J connectivity index is 1.62. The van der Waals surface area contributed by atoms with Crippen LogP contribution in [-0.2, 0) is 6.54 Å². The van der Waals surface area contributed by atoms with Gasteiger partial charge in [-0.1, -0.05) is 31.2 Å². The van der Waals surface area contributed by atoms with E-state index >= 15 is 0 Å². The van der Waals surface area contributed by atoms with Gasteiger partial charge in [-0.05, 0) is 43.2 Å². The van der Waals surface area contributed by atoms with Gasteiger partial charge in [0.25, 0.3) is 5.91 Å². The Hall–Kier alpha value is -3.22. The third-order valence-corrected chi connectivity index (χ3v) is 4.73. The average molecular weight is 362 g/mol.